The lowest BCUT2D eigenvalue weighted by Crippen LogP contribution is -2.01. The van der Waals surface area contributed by atoms with Crippen molar-refractivity contribution in [3.8, 4) is 0 Å². The topological polar surface area (TPSA) is 48.0 Å². The molecule has 0 N–H and O–H groups in total. The number of aromatic nitrogens is 5. The second-order valence-electron chi connectivity index (χ2n) is 4.89. The number of rotatable bonds is 2. The average molecular weight is 263 g/mol. The molecule has 0 saturated carbocycles. The van der Waals surface area contributed by atoms with Gasteiger partial charge >= 0.3 is 0 Å². The van der Waals surface area contributed by atoms with Crippen molar-refractivity contribution < 1.29 is 0 Å². The molecule has 0 radical (unpaired) electrons. The van der Waals surface area contributed by atoms with Crippen LogP contribution in [-0.4, -0.2) is 24.4 Å². The van der Waals surface area contributed by atoms with Gasteiger partial charge in [0.05, 0.1) is 17.8 Å². The monoisotopic (exact) mass is 263 g/mol. The minimum Gasteiger partial charge on any atom is -0.307 e. The molecule has 4 aromatic rings. The average Bonchev–Trinajstić information content (AvgIpc) is 3.05. The molecule has 0 bridgehead atoms. The van der Waals surface area contributed by atoms with E-state index in [1.807, 2.05) is 51.8 Å². The number of nitrogens with zero attached hydrogens (tertiary/aromatic N) is 5. The lowest BCUT2D eigenvalue weighted by Gasteiger charge is -1.97. The molecule has 3 heterocycles. The first kappa shape index (κ1) is 11.2. The molecule has 4 rings (SSSR count). The van der Waals surface area contributed by atoms with E-state index in [2.05, 4.69) is 28.3 Å². The van der Waals surface area contributed by atoms with E-state index in [0.717, 1.165) is 22.4 Å². The van der Waals surface area contributed by atoms with Gasteiger partial charge in [0.25, 0.3) is 0 Å². The van der Waals surface area contributed by atoms with Gasteiger partial charge in [0.15, 0.2) is 0 Å². The molecule has 98 valence electrons. The number of para-hydroxylation sites is 1. The molecule has 0 unspecified atom stereocenters. The third-order valence-corrected chi connectivity index (χ3v) is 3.46. The Hall–Kier alpha value is -2.69. The highest BCUT2D eigenvalue weighted by molar-refractivity contribution is 5.73. The highest BCUT2D eigenvalue weighted by Crippen LogP contribution is 2.14. The maximum Gasteiger partial charge on any atom is 0.140 e. The van der Waals surface area contributed by atoms with Crippen LogP contribution in [0, 0.1) is 6.92 Å². The van der Waals surface area contributed by atoms with Crippen LogP contribution in [0.5, 0.6) is 0 Å². The maximum absolute atomic E-state index is 4.67. The van der Waals surface area contributed by atoms with Crippen molar-refractivity contribution in [3.05, 3.63) is 60.0 Å². The quantitative estimate of drug-likeness (QED) is 0.558. The minimum absolute atomic E-state index is 0.627. The largest absolute Gasteiger partial charge is 0.307 e. The van der Waals surface area contributed by atoms with E-state index in [9.17, 15) is 0 Å². The molecule has 5 nitrogen and oxygen atoms in total. The zero-order valence-electron chi connectivity index (χ0n) is 11.1. The van der Waals surface area contributed by atoms with Crippen LogP contribution in [0.1, 0.15) is 11.3 Å². The van der Waals surface area contributed by atoms with Gasteiger partial charge in [0.2, 0.25) is 0 Å². The summed E-state index contributed by atoms with van der Waals surface area (Å²) in [5.41, 5.74) is 5.08. The van der Waals surface area contributed by atoms with Crippen LogP contribution in [0.15, 0.2) is 48.8 Å². The number of hydrogen-bond acceptors (Lipinski definition) is 3. The molecule has 0 aliphatic carbocycles. The first-order valence-electron chi connectivity index (χ1n) is 6.53. The number of hydrogen-bond donors (Lipinski definition) is 0. The molecule has 0 fully saturated rings. The molecule has 0 aliphatic rings. The normalized spacial score (nSPS) is 11.4. The molecular formula is C15H13N5. The number of imidazole rings is 1. The Kier molecular flexibility index (Phi) is 2.32. The zero-order chi connectivity index (χ0) is 13.5. The molecule has 0 amide bonds. The zero-order valence-corrected chi connectivity index (χ0v) is 11.1. The van der Waals surface area contributed by atoms with E-state index < -0.39 is 0 Å². The van der Waals surface area contributed by atoms with Gasteiger partial charge in [-0.2, -0.15) is 0 Å². The predicted molar refractivity (Wildman–Crippen MR) is 76.6 cm³/mol. The third kappa shape index (κ3) is 1.67. The van der Waals surface area contributed by atoms with Crippen LogP contribution in [0.4, 0.5) is 0 Å². The van der Waals surface area contributed by atoms with Crippen LogP contribution < -0.4 is 0 Å². The van der Waals surface area contributed by atoms with E-state index in [0.29, 0.717) is 6.54 Å². The van der Waals surface area contributed by atoms with Crippen molar-refractivity contribution in [2.75, 3.05) is 0 Å². The molecule has 5 heteroatoms. The fraction of sp³-hybridized carbons (Fsp3) is 0.133. The van der Waals surface area contributed by atoms with E-state index in [4.69, 9.17) is 0 Å². The molecule has 0 atom stereocenters. The summed E-state index contributed by atoms with van der Waals surface area (Å²) in [5, 5.41) is 8.37. The lowest BCUT2D eigenvalue weighted by atomic mass is 10.3. The van der Waals surface area contributed by atoms with Gasteiger partial charge in [-0.1, -0.05) is 23.4 Å². The number of benzene rings is 1. The van der Waals surface area contributed by atoms with Gasteiger partial charge in [-0.05, 0) is 30.7 Å². The Morgan fingerprint density at radius 3 is 2.90 bits per heavy atom. The Balaban J connectivity index is 1.79. The fourth-order valence-corrected chi connectivity index (χ4v) is 2.47. The molecular weight excluding hydrogens is 250 g/mol. The molecule has 3 aromatic heterocycles. The number of fused-ring (bicyclic) bond motifs is 2. The third-order valence-electron chi connectivity index (χ3n) is 3.46. The second-order valence-corrected chi connectivity index (χ2v) is 4.89. The van der Waals surface area contributed by atoms with Crippen molar-refractivity contribution >= 4 is 16.7 Å². The summed E-state index contributed by atoms with van der Waals surface area (Å²) < 4.78 is 3.93. The molecule has 0 aliphatic heterocycles. The Morgan fingerprint density at radius 1 is 1.10 bits per heavy atom. The smallest absolute Gasteiger partial charge is 0.140 e. The maximum atomic E-state index is 4.67. The summed E-state index contributed by atoms with van der Waals surface area (Å²) in [6.07, 6.45) is 4.05. The number of aryl methyl sites for hydroxylation is 1. The van der Waals surface area contributed by atoms with E-state index in [-0.39, 0.29) is 0 Å². The van der Waals surface area contributed by atoms with Gasteiger partial charge in [0.1, 0.15) is 11.2 Å². The minimum atomic E-state index is 0.627. The molecule has 0 saturated heterocycles. The summed E-state index contributed by atoms with van der Waals surface area (Å²) in [4.78, 5) is 4.67. The van der Waals surface area contributed by atoms with Crippen molar-refractivity contribution in [2.45, 2.75) is 13.5 Å². The van der Waals surface area contributed by atoms with Crippen LogP contribution in [0.25, 0.3) is 16.7 Å². The van der Waals surface area contributed by atoms with E-state index >= 15 is 0 Å². The highest BCUT2D eigenvalue weighted by Gasteiger charge is 2.08. The van der Waals surface area contributed by atoms with Gasteiger partial charge in [-0.3, -0.25) is 0 Å². The first-order valence-corrected chi connectivity index (χ1v) is 6.53. The summed E-state index contributed by atoms with van der Waals surface area (Å²) in [5.74, 6) is 0. The van der Waals surface area contributed by atoms with Crippen LogP contribution in [0.2, 0.25) is 0 Å². The highest BCUT2D eigenvalue weighted by atomic mass is 15.4. The lowest BCUT2D eigenvalue weighted by molar-refractivity contribution is 0.660. The first-order chi connectivity index (χ1) is 9.81. The van der Waals surface area contributed by atoms with Crippen LogP contribution in [0.3, 0.4) is 0 Å². The molecule has 20 heavy (non-hydrogen) atoms. The summed E-state index contributed by atoms with van der Waals surface area (Å²) >= 11 is 0. The van der Waals surface area contributed by atoms with Gasteiger partial charge in [-0.25, -0.2) is 9.67 Å². The summed E-state index contributed by atoms with van der Waals surface area (Å²) in [7, 11) is 0. The van der Waals surface area contributed by atoms with Crippen LogP contribution in [-0.2, 0) is 6.54 Å². The number of pyridine rings is 1. The van der Waals surface area contributed by atoms with Crippen LogP contribution >= 0.6 is 0 Å². The Bertz CT molecular complexity index is 903. The Morgan fingerprint density at radius 2 is 2.00 bits per heavy atom. The Labute approximate surface area is 115 Å². The summed E-state index contributed by atoms with van der Waals surface area (Å²) in [6.45, 7) is 2.69. The van der Waals surface area contributed by atoms with Crippen molar-refractivity contribution in [1.29, 1.82) is 0 Å². The SMILES string of the molecule is Cc1cccn2cc(Cn3nnc4ccccc43)nc12. The standard InChI is InChI=1S/C15H13N5/c1-11-5-4-8-19-9-12(16-15(11)19)10-20-14-7-3-2-6-13(14)17-18-20/h2-9H,10H2,1H3. The molecule has 1 aromatic carbocycles. The van der Waals surface area contributed by atoms with Crippen molar-refractivity contribution in [1.82, 2.24) is 24.4 Å². The predicted octanol–water partition coefficient (Wildman–Crippen LogP) is 2.44. The van der Waals surface area contributed by atoms with Gasteiger partial charge in [-0.15, -0.1) is 5.10 Å². The van der Waals surface area contributed by atoms with E-state index in [1.54, 1.807) is 0 Å². The fourth-order valence-electron chi connectivity index (χ4n) is 2.47. The summed E-state index contributed by atoms with van der Waals surface area (Å²) in [6, 6.07) is 12.0. The molecule has 0 spiro atoms. The van der Waals surface area contributed by atoms with Gasteiger partial charge < -0.3 is 4.40 Å². The van der Waals surface area contributed by atoms with Gasteiger partial charge in [0, 0.05) is 12.4 Å². The second kappa shape index (κ2) is 4.16. The van der Waals surface area contributed by atoms with Crippen molar-refractivity contribution in [2.24, 2.45) is 0 Å². The van der Waals surface area contributed by atoms with Crippen molar-refractivity contribution in [3.63, 3.8) is 0 Å². The van der Waals surface area contributed by atoms with E-state index in [1.165, 1.54) is 5.56 Å².